The monoisotopic (exact) mass is 371 g/mol. The van der Waals surface area contributed by atoms with E-state index in [9.17, 15) is 0 Å². The number of hydrogen-bond donors (Lipinski definition) is 2. The molecule has 27 heavy (non-hydrogen) atoms. The summed E-state index contributed by atoms with van der Waals surface area (Å²) in [5.74, 6) is 2.14. The molecule has 3 N–H and O–H groups in total. The predicted molar refractivity (Wildman–Crippen MR) is 102 cm³/mol. The fourth-order valence-electron chi connectivity index (χ4n) is 3.46. The van der Waals surface area contributed by atoms with Gasteiger partial charge in [0.15, 0.2) is 17.5 Å². The predicted octanol–water partition coefficient (Wildman–Crippen LogP) is 2.09. The first-order valence-corrected chi connectivity index (χ1v) is 9.27. The highest BCUT2D eigenvalue weighted by molar-refractivity contribution is 5.92. The van der Waals surface area contributed by atoms with Gasteiger partial charge in [-0.15, -0.1) is 0 Å². The first-order valence-electron chi connectivity index (χ1n) is 9.27. The molecule has 0 aliphatic carbocycles. The van der Waals surface area contributed by atoms with Crippen LogP contribution in [0.3, 0.4) is 0 Å². The van der Waals surface area contributed by atoms with Gasteiger partial charge >= 0.3 is 0 Å². The number of nitrogens with two attached hydrogens (primary N) is 1. The number of aromatic nitrogens is 2. The normalized spacial score (nSPS) is 22.5. The first kappa shape index (κ1) is 17.7. The standard InChI is InChI=1S/C19H25N5O3/c1-24-15(5-7-22-24)18-13(6-10-27-18)12-21-19(20)23-14-3-4-16-17(11-14)26-9-2-8-25-16/h3-5,7,11,13,18H,2,6,8-10,12H2,1H3,(H3,20,21,23)/t13-,18+/m0/s1. The second-order valence-corrected chi connectivity index (χ2v) is 6.78. The summed E-state index contributed by atoms with van der Waals surface area (Å²) in [6, 6.07) is 7.68. The third-order valence-corrected chi connectivity index (χ3v) is 4.88. The van der Waals surface area contributed by atoms with Crippen LogP contribution in [0.5, 0.6) is 11.5 Å². The van der Waals surface area contributed by atoms with Gasteiger partial charge in [-0.25, -0.2) is 0 Å². The minimum Gasteiger partial charge on any atom is -0.490 e. The summed E-state index contributed by atoms with van der Waals surface area (Å²) in [4.78, 5) is 4.52. The van der Waals surface area contributed by atoms with Crippen LogP contribution in [0.15, 0.2) is 35.5 Å². The van der Waals surface area contributed by atoms with Crippen molar-refractivity contribution < 1.29 is 14.2 Å². The van der Waals surface area contributed by atoms with E-state index in [0.29, 0.717) is 25.7 Å². The Morgan fingerprint density at radius 1 is 1.26 bits per heavy atom. The lowest BCUT2D eigenvalue weighted by molar-refractivity contribution is 0.0859. The highest BCUT2D eigenvalue weighted by Crippen LogP contribution is 2.34. The van der Waals surface area contributed by atoms with E-state index in [1.54, 1.807) is 6.20 Å². The molecule has 1 aromatic heterocycles. The molecular weight excluding hydrogens is 346 g/mol. The topological polar surface area (TPSA) is 95.9 Å². The maximum Gasteiger partial charge on any atom is 0.193 e. The highest BCUT2D eigenvalue weighted by atomic mass is 16.5. The van der Waals surface area contributed by atoms with Gasteiger partial charge in [-0.05, 0) is 24.6 Å². The van der Waals surface area contributed by atoms with Crippen LogP contribution in [-0.2, 0) is 11.8 Å². The molecule has 144 valence electrons. The Kier molecular flexibility index (Phi) is 5.15. The number of ether oxygens (including phenoxy) is 3. The van der Waals surface area contributed by atoms with E-state index in [4.69, 9.17) is 19.9 Å². The number of aliphatic imine (C=N–C) groups is 1. The number of guanidine groups is 1. The van der Waals surface area contributed by atoms with Crippen LogP contribution in [0, 0.1) is 5.92 Å². The zero-order valence-electron chi connectivity index (χ0n) is 15.4. The van der Waals surface area contributed by atoms with Gasteiger partial charge in [-0.1, -0.05) is 0 Å². The van der Waals surface area contributed by atoms with Gasteiger partial charge in [0.05, 0.1) is 18.9 Å². The number of nitrogens with one attached hydrogen (secondary N) is 1. The molecule has 1 aromatic carbocycles. The van der Waals surface area contributed by atoms with E-state index in [2.05, 4.69) is 15.4 Å². The van der Waals surface area contributed by atoms with E-state index in [-0.39, 0.29) is 12.0 Å². The molecule has 0 spiro atoms. The van der Waals surface area contributed by atoms with Crippen molar-refractivity contribution >= 4 is 11.6 Å². The SMILES string of the molecule is Cn1nccc1[C@@H]1OCC[C@H]1CN=C(N)Nc1ccc2c(c1)OCCCO2. The molecule has 0 unspecified atom stereocenters. The van der Waals surface area contributed by atoms with Crippen LogP contribution < -0.4 is 20.5 Å². The van der Waals surface area contributed by atoms with Gasteiger partial charge in [0, 0.05) is 50.5 Å². The molecule has 1 saturated heterocycles. The summed E-state index contributed by atoms with van der Waals surface area (Å²) >= 11 is 0. The smallest absolute Gasteiger partial charge is 0.193 e. The molecule has 8 nitrogen and oxygen atoms in total. The molecule has 3 heterocycles. The van der Waals surface area contributed by atoms with Gasteiger partial charge < -0.3 is 25.3 Å². The molecule has 8 heteroatoms. The van der Waals surface area contributed by atoms with Gasteiger partial charge in [0.2, 0.25) is 0 Å². The van der Waals surface area contributed by atoms with Crippen molar-refractivity contribution in [1.82, 2.24) is 9.78 Å². The Bertz CT molecular complexity index is 819. The molecule has 2 aromatic rings. The first-order chi connectivity index (χ1) is 13.2. The minimum atomic E-state index is 0.00657. The van der Waals surface area contributed by atoms with Crippen molar-refractivity contribution in [3.05, 3.63) is 36.2 Å². The average Bonchev–Trinajstić information content (AvgIpc) is 3.22. The number of fused-ring (bicyclic) bond motifs is 1. The Hall–Kier alpha value is -2.74. The van der Waals surface area contributed by atoms with Crippen LogP contribution in [0.25, 0.3) is 0 Å². The summed E-state index contributed by atoms with van der Waals surface area (Å²) in [6.07, 6.45) is 3.63. The van der Waals surface area contributed by atoms with Crippen molar-refractivity contribution in [3.8, 4) is 11.5 Å². The van der Waals surface area contributed by atoms with Crippen LogP contribution >= 0.6 is 0 Å². The number of aryl methyl sites for hydroxylation is 1. The Morgan fingerprint density at radius 3 is 2.93 bits per heavy atom. The van der Waals surface area contributed by atoms with E-state index >= 15 is 0 Å². The lowest BCUT2D eigenvalue weighted by atomic mass is 9.99. The summed E-state index contributed by atoms with van der Waals surface area (Å²) in [7, 11) is 1.93. The van der Waals surface area contributed by atoms with E-state index in [0.717, 1.165) is 42.3 Å². The van der Waals surface area contributed by atoms with E-state index in [1.165, 1.54) is 0 Å². The lowest BCUT2D eigenvalue weighted by Gasteiger charge is -2.17. The zero-order chi connectivity index (χ0) is 18.6. The van der Waals surface area contributed by atoms with Crippen molar-refractivity contribution in [2.75, 3.05) is 31.7 Å². The molecule has 1 fully saturated rings. The van der Waals surface area contributed by atoms with Crippen molar-refractivity contribution in [2.45, 2.75) is 18.9 Å². The number of hydrogen-bond acceptors (Lipinski definition) is 5. The van der Waals surface area contributed by atoms with Gasteiger partial charge in [-0.3, -0.25) is 9.67 Å². The fourth-order valence-corrected chi connectivity index (χ4v) is 3.46. The molecule has 2 atom stereocenters. The summed E-state index contributed by atoms with van der Waals surface area (Å²) < 4.78 is 19.1. The molecule has 0 radical (unpaired) electrons. The molecule has 2 aliphatic heterocycles. The quantitative estimate of drug-likeness (QED) is 0.631. The number of benzene rings is 1. The minimum absolute atomic E-state index is 0.00657. The summed E-state index contributed by atoms with van der Waals surface area (Å²) in [5, 5.41) is 7.36. The highest BCUT2D eigenvalue weighted by Gasteiger charge is 2.31. The largest absolute Gasteiger partial charge is 0.490 e. The molecule has 0 bridgehead atoms. The third-order valence-electron chi connectivity index (χ3n) is 4.88. The maximum absolute atomic E-state index is 6.09. The van der Waals surface area contributed by atoms with Gasteiger partial charge in [0.25, 0.3) is 0 Å². The third kappa shape index (κ3) is 4.00. The fraction of sp³-hybridized carbons (Fsp3) is 0.474. The molecular formula is C19H25N5O3. The maximum atomic E-state index is 6.09. The average molecular weight is 371 g/mol. The van der Waals surface area contributed by atoms with Gasteiger partial charge in [0.1, 0.15) is 6.10 Å². The molecule has 2 aliphatic rings. The van der Waals surface area contributed by atoms with Crippen molar-refractivity contribution in [1.29, 1.82) is 0 Å². The molecule has 4 rings (SSSR count). The number of rotatable bonds is 4. The summed E-state index contributed by atoms with van der Waals surface area (Å²) in [6.45, 7) is 2.65. The van der Waals surface area contributed by atoms with Crippen LogP contribution in [-0.4, -0.2) is 42.1 Å². The second kappa shape index (κ2) is 7.87. The molecule has 0 saturated carbocycles. The molecule has 0 amide bonds. The summed E-state index contributed by atoms with van der Waals surface area (Å²) in [5.41, 5.74) is 7.99. The second-order valence-electron chi connectivity index (χ2n) is 6.78. The number of anilines is 1. The van der Waals surface area contributed by atoms with Crippen molar-refractivity contribution in [3.63, 3.8) is 0 Å². The van der Waals surface area contributed by atoms with Gasteiger partial charge in [-0.2, -0.15) is 5.10 Å². The van der Waals surface area contributed by atoms with Crippen LogP contribution in [0.2, 0.25) is 0 Å². The Labute approximate surface area is 158 Å². The van der Waals surface area contributed by atoms with Crippen LogP contribution in [0.1, 0.15) is 24.6 Å². The van der Waals surface area contributed by atoms with Crippen molar-refractivity contribution in [2.24, 2.45) is 23.7 Å². The van der Waals surface area contributed by atoms with E-state index in [1.807, 2.05) is 36.0 Å². The Morgan fingerprint density at radius 2 is 2.11 bits per heavy atom. The lowest BCUT2D eigenvalue weighted by Crippen LogP contribution is -2.24. The zero-order valence-corrected chi connectivity index (χ0v) is 15.4. The number of nitrogens with zero attached hydrogens (tertiary/aromatic N) is 3. The van der Waals surface area contributed by atoms with Crippen LogP contribution in [0.4, 0.5) is 5.69 Å². The van der Waals surface area contributed by atoms with E-state index < -0.39 is 0 Å². The Balaban J connectivity index is 1.40.